The monoisotopic (exact) mass is 379 g/mol. The molecule has 0 bridgehead atoms. The van der Waals surface area contributed by atoms with E-state index in [9.17, 15) is 17.6 Å². The second kappa shape index (κ2) is 8.88. The summed E-state index contributed by atoms with van der Waals surface area (Å²) in [4.78, 5) is 14.1. The second-order valence-electron chi connectivity index (χ2n) is 5.83. The Labute approximate surface area is 153 Å². The predicted octanol–water partition coefficient (Wildman–Crippen LogP) is 1.60. The van der Waals surface area contributed by atoms with Crippen molar-refractivity contribution in [2.45, 2.75) is 11.4 Å². The van der Waals surface area contributed by atoms with Crippen LogP contribution in [0.2, 0.25) is 0 Å². The van der Waals surface area contributed by atoms with Crippen LogP contribution in [0.3, 0.4) is 0 Å². The minimum absolute atomic E-state index is 0.159. The van der Waals surface area contributed by atoms with Gasteiger partial charge >= 0.3 is 0 Å². The van der Waals surface area contributed by atoms with E-state index in [0.717, 1.165) is 30.3 Å². The molecule has 0 saturated heterocycles. The van der Waals surface area contributed by atoms with Crippen LogP contribution in [-0.4, -0.2) is 46.4 Å². The van der Waals surface area contributed by atoms with Crippen LogP contribution in [0.15, 0.2) is 53.4 Å². The topological polar surface area (TPSA) is 78.5 Å². The molecule has 140 valence electrons. The van der Waals surface area contributed by atoms with Crippen LogP contribution in [0.4, 0.5) is 4.39 Å². The molecule has 0 heterocycles. The van der Waals surface area contributed by atoms with Crippen molar-refractivity contribution in [3.63, 3.8) is 0 Å². The first-order valence-electron chi connectivity index (χ1n) is 8.07. The largest absolute Gasteiger partial charge is 0.351 e. The van der Waals surface area contributed by atoms with Crippen molar-refractivity contribution in [3.05, 3.63) is 65.5 Å². The third kappa shape index (κ3) is 5.35. The van der Waals surface area contributed by atoms with Gasteiger partial charge in [-0.25, -0.2) is 17.5 Å². The average molecular weight is 379 g/mol. The number of carbonyl (C=O) groups excluding carboxylic acids is 1. The normalized spacial score (nSPS) is 11.5. The van der Waals surface area contributed by atoms with Gasteiger partial charge < -0.3 is 10.2 Å². The number of sulfonamides is 1. The smallest absolute Gasteiger partial charge is 0.254 e. The van der Waals surface area contributed by atoms with Crippen LogP contribution in [0.5, 0.6) is 0 Å². The number of carbonyl (C=O) groups is 1. The molecule has 0 saturated carbocycles. The molecule has 0 aromatic heterocycles. The van der Waals surface area contributed by atoms with Gasteiger partial charge in [0, 0.05) is 19.6 Å². The Kier molecular flexibility index (Phi) is 6.84. The Hall–Kier alpha value is -2.29. The van der Waals surface area contributed by atoms with E-state index >= 15 is 0 Å². The minimum atomic E-state index is -3.74. The first kappa shape index (κ1) is 20.0. The molecule has 0 aliphatic heterocycles. The molecule has 2 aromatic carbocycles. The maximum Gasteiger partial charge on any atom is 0.254 e. The third-order valence-electron chi connectivity index (χ3n) is 3.84. The zero-order valence-corrected chi connectivity index (χ0v) is 15.5. The van der Waals surface area contributed by atoms with Gasteiger partial charge in [0.2, 0.25) is 10.0 Å². The molecule has 0 aliphatic rings. The second-order valence-corrected chi connectivity index (χ2v) is 7.72. The number of nitrogens with one attached hydrogen (secondary N) is 2. The number of amides is 1. The Balaban J connectivity index is 1.94. The zero-order valence-electron chi connectivity index (χ0n) is 14.7. The number of rotatable bonds is 8. The molecule has 0 fully saturated rings. The van der Waals surface area contributed by atoms with E-state index in [0.29, 0.717) is 13.1 Å². The molecule has 0 unspecified atom stereocenters. The highest BCUT2D eigenvalue weighted by molar-refractivity contribution is 7.89. The molecule has 1 amide bonds. The van der Waals surface area contributed by atoms with Gasteiger partial charge in [-0.15, -0.1) is 0 Å². The highest BCUT2D eigenvalue weighted by Gasteiger charge is 2.18. The minimum Gasteiger partial charge on any atom is -0.351 e. The molecule has 0 aliphatic carbocycles. The Morgan fingerprint density at radius 1 is 1.15 bits per heavy atom. The number of likely N-dealkylation sites (N-methyl/N-ethyl adjacent to an activating group) is 1. The summed E-state index contributed by atoms with van der Waals surface area (Å²) < 4.78 is 39.6. The summed E-state index contributed by atoms with van der Waals surface area (Å²) >= 11 is 0. The average Bonchev–Trinajstić information content (AvgIpc) is 2.62. The number of hydrogen-bond donors (Lipinski definition) is 2. The Morgan fingerprint density at radius 3 is 2.50 bits per heavy atom. The van der Waals surface area contributed by atoms with Crippen LogP contribution >= 0.6 is 0 Å². The summed E-state index contributed by atoms with van der Waals surface area (Å²) in [6, 6.07) is 13.0. The molecule has 0 atom stereocenters. The van der Waals surface area contributed by atoms with E-state index < -0.39 is 21.7 Å². The first-order chi connectivity index (χ1) is 12.3. The van der Waals surface area contributed by atoms with Crippen molar-refractivity contribution in [3.8, 4) is 0 Å². The number of halogens is 1. The van der Waals surface area contributed by atoms with Crippen LogP contribution in [0.25, 0.3) is 0 Å². The van der Waals surface area contributed by atoms with E-state index in [1.165, 1.54) is 7.05 Å². The number of hydrogen-bond acceptors (Lipinski definition) is 4. The van der Waals surface area contributed by atoms with Crippen LogP contribution in [0, 0.1) is 5.82 Å². The molecule has 0 spiro atoms. The molecule has 6 nitrogen and oxygen atoms in total. The molecular weight excluding hydrogens is 357 g/mol. The van der Waals surface area contributed by atoms with Crippen molar-refractivity contribution >= 4 is 15.9 Å². The first-order valence-corrected chi connectivity index (χ1v) is 9.55. The molecule has 2 rings (SSSR count). The molecule has 2 N–H and O–H groups in total. The summed E-state index contributed by atoms with van der Waals surface area (Å²) in [5, 5.41) is 2.62. The number of nitrogens with zero attached hydrogens (tertiary/aromatic N) is 1. The van der Waals surface area contributed by atoms with Gasteiger partial charge in [0.1, 0.15) is 5.82 Å². The summed E-state index contributed by atoms with van der Waals surface area (Å²) in [7, 11) is -0.577. The van der Waals surface area contributed by atoms with Gasteiger partial charge in [-0.1, -0.05) is 30.3 Å². The summed E-state index contributed by atoms with van der Waals surface area (Å²) in [6.07, 6.45) is 0. The quantitative estimate of drug-likeness (QED) is 0.730. The summed E-state index contributed by atoms with van der Waals surface area (Å²) in [5.41, 5.74) is 0.851. The van der Waals surface area contributed by atoms with Gasteiger partial charge in [0.15, 0.2) is 0 Å². The fourth-order valence-corrected chi connectivity index (χ4v) is 3.15. The van der Waals surface area contributed by atoms with Crippen molar-refractivity contribution in [1.29, 1.82) is 0 Å². The van der Waals surface area contributed by atoms with Gasteiger partial charge in [0.25, 0.3) is 5.91 Å². The molecule has 8 heteroatoms. The molecular formula is C18H22FN3O3S. The van der Waals surface area contributed by atoms with E-state index in [2.05, 4.69) is 10.0 Å². The highest BCUT2D eigenvalue weighted by atomic mass is 32.2. The van der Waals surface area contributed by atoms with E-state index in [1.807, 2.05) is 42.3 Å². The fraction of sp³-hybridized carbons (Fsp3) is 0.278. The SMILES string of the molecule is CNS(=O)(=O)c1ccc(F)c(C(=O)NCCN(C)Cc2ccccc2)c1. The van der Waals surface area contributed by atoms with Gasteiger partial charge in [0.05, 0.1) is 10.5 Å². The van der Waals surface area contributed by atoms with Gasteiger partial charge in [-0.2, -0.15) is 0 Å². The lowest BCUT2D eigenvalue weighted by atomic mass is 10.2. The maximum absolute atomic E-state index is 13.9. The Morgan fingerprint density at radius 2 is 1.85 bits per heavy atom. The van der Waals surface area contributed by atoms with Crippen molar-refractivity contribution in [2.75, 3.05) is 27.2 Å². The van der Waals surface area contributed by atoms with Crippen molar-refractivity contribution < 1.29 is 17.6 Å². The van der Waals surface area contributed by atoms with Crippen molar-refractivity contribution in [1.82, 2.24) is 14.9 Å². The fourth-order valence-electron chi connectivity index (χ4n) is 2.39. The van der Waals surface area contributed by atoms with E-state index in [-0.39, 0.29) is 10.5 Å². The van der Waals surface area contributed by atoms with Crippen LogP contribution < -0.4 is 10.0 Å². The predicted molar refractivity (Wildman–Crippen MR) is 97.8 cm³/mol. The Bertz CT molecular complexity index is 857. The highest BCUT2D eigenvalue weighted by Crippen LogP contribution is 2.15. The molecule has 26 heavy (non-hydrogen) atoms. The van der Waals surface area contributed by atoms with Crippen molar-refractivity contribution in [2.24, 2.45) is 0 Å². The summed E-state index contributed by atoms with van der Waals surface area (Å²) in [5.74, 6) is -1.42. The third-order valence-corrected chi connectivity index (χ3v) is 5.25. The standard InChI is InChI=1S/C18H22FN3O3S/c1-20-26(24,25)15-8-9-17(19)16(12-15)18(23)21-10-11-22(2)13-14-6-4-3-5-7-14/h3-9,12,20H,10-11,13H2,1-2H3,(H,21,23). The van der Waals surface area contributed by atoms with Gasteiger partial charge in [-0.3, -0.25) is 4.79 Å². The molecule has 0 radical (unpaired) electrons. The van der Waals surface area contributed by atoms with E-state index in [1.54, 1.807) is 0 Å². The lowest BCUT2D eigenvalue weighted by molar-refractivity contribution is 0.0945. The lowest BCUT2D eigenvalue weighted by Crippen LogP contribution is -2.33. The molecule has 2 aromatic rings. The van der Waals surface area contributed by atoms with Crippen LogP contribution in [0.1, 0.15) is 15.9 Å². The van der Waals surface area contributed by atoms with E-state index in [4.69, 9.17) is 0 Å². The zero-order chi connectivity index (χ0) is 19.2. The lowest BCUT2D eigenvalue weighted by Gasteiger charge is -2.17. The van der Waals surface area contributed by atoms with Crippen LogP contribution in [-0.2, 0) is 16.6 Å². The number of benzene rings is 2. The summed E-state index contributed by atoms with van der Waals surface area (Å²) in [6.45, 7) is 1.60. The maximum atomic E-state index is 13.9. The van der Waals surface area contributed by atoms with Gasteiger partial charge in [-0.05, 0) is 37.9 Å².